The molecule has 5 heteroatoms. The van der Waals surface area contributed by atoms with Gasteiger partial charge in [-0.1, -0.05) is 0 Å². The molecule has 13 heavy (non-hydrogen) atoms. The van der Waals surface area contributed by atoms with Gasteiger partial charge in [0.25, 0.3) is 0 Å². The van der Waals surface area contributed by atoms with Crippen LogP contribution in [0.4, 0.5) is 8.78 Å². The van der Waals surface area contributed by atoms with Crippen LogP contribution in [0.25, 0.3) is 0 Å². The molecule has 76 valence electrons. The summed E-state index contributed by atoms with van der Waals surface area (Å²) < 4.78 is 29.5. The van der Waals surface area contributed by atoms with Gasteiger partial charge in [-0.2, -0.15) is 8.78 Å². The average molecular weight is 194 g/mol. The van der Waals surface area contributed by atoms with Crippen molar-refractivity contribution in [1.82, 2.24) is 0 Å². The maximum Gasteiger partial charge on any atom is 0.379 e. The molecule has 0 amide bonds. The van der Waals surface area contributed by atoms with Crippen molar-refractivity contribution < 1.29 is 23.4 Å². The topological polar surface area (TPSA) is 46.5 Å². The zero-order valence-corrected chi connectivity index (χ0v) is 7.13. The highest BCUT2D eigenvalue weighted by Crippen LogP contribution is 2.24. The van der Waals surface area contributed by atoms with Crippen LogP contribution in [0.15, 0.2) is 0 Å². The summed E-state index contributed by atoms with van der Waals surface area (Å²) in [6, 6.07) is 0. The van der Waals surface area contributed by atoms with Gasteiger partial charge >= 0.3 is 11.9 Å². The van der Waals surface area contributed by atoms with Crippen molar-refractivity contribution in [3.8, 4) is 0 Å². The number of hydrogen-bond acceptors (Lipinski definition) is 3. The number of carbonyl (C=O) groups is 1. The lowest BCUT2D eigenvalue weighted by Crippen LogP contribution is -2.36. The Balaban J connectivity index is 2.39. The Morgan fingerprint density at radius 1 is 1.46 bits per heavy atom. The van der Waals surface area contributed by atoms with E-state index in [1.807, 2.05) is 0 Å². The van der Waals surface area contributed by atoms with Gasteiger partial charge in [-0.3, -0.25) is 0 Å². The van der Waals surface area contributed by atoms with E-state index in [2.05, 4.69) is 4.74 Å². The van der Waals surface area contributed by atoms with Crippen molar-refractivity contribution in [2.24, 2.45) is 0 Å². The van der Waals surface area contributed by atoms with E-state index in [1.54, 1.807) is 0 Å². The molecule has 0 aromatic rings. The van der Waals surface area contributed by atoms with Crippen LogP contribution >= 0.6 is 0 Å². The predicted octanol–water partition coefficient (Wildman–Crippen LogP) is 1.10. The molecule has 0 spiro atoms. The van der Waals surface area contributed by atoms with E-state index in [0.717, 1.165) is 12.8 Å². The third kappa shape index (κ3) is 2.62. The van der Waals surface area contributed by atoms with Gasteiger partial charge in [0.1, 0.15) is 12.7 Å². The first kappa shape index (κ1) is 10.4. The second-order valence-electron chi connectivity index (χ2n) is 3.17. The Morgan fingerprint density at radius 3 is 2.46 bits per heavy atom. The summed E-state index contributed by atoms with van der Waals surface area (Å²) in [5.41, 5.74) is 0. The lowest BCUT2D eigenvalue weighted by Gasteiger charge is -2.16. The van der Waals surface area contributed by atoms with Crippen LogP contribution in [0.1, 0.15) is 25.7 Å². The molecule has 1 rings (SSSR count). The van der Waals surface area contributed by atoms with Crippen molar-refractivity contribution in [1.29, 1.82) is 0 Å². The molecule has 0 saturated heterocycles. The molecule has 1 fully saturated rings. The number of halogens is 2. The zero-order valence-electron chi connectivity index (χ0n) is 7.13. The number of alkyl halides is 2. The van der Waals surface area contributed by atoms with Gasteiger partial charge in [-0.15, -0.1) is 0 Å². The molecule has 0 aromatic heterocycles. The molecule has 0 bridgehead atoms. The minimum atomic E-state index is -3.75. The fourth-order valence-corrected chi connectivity index (χ4v) is 1.31. The minimum absolute atomic E-state index is 0.384. The Bertz CT molecular complexity index is 188. The smallest absolute Gasteiger partial charge is 0.379 e. The Hall–Kier alpha value is -0.710. The van der Waals surface area contributed by atoms with Crippen LogP contribution in [0.5, 0.6) is 0 Å². The predicted molar refractivity (Wildman–Crippen MR) is 40.4 cm³/mol. The van der Waals surface area contributed by atoms with E-state index in [0.29, 0.717) is 12.8 Å². The molecule has 0 aliphatic heterocycles. The number of aliphatic hydroxyl groups excluding tert-OH is 1. The molecule has 0 aromatic carbocycles. The van der Waals surface area contributed by atoms with Crippen molar-refractivity contribution in [2.45, 2.75) is 37.7 Å². The van der Waals surface area contributed by atoms with E-state index >= 15 is 0 Å². The third-order valence-corrected chi connectivity index (χ3v) is 2.07. The molecule has 1 aliphatic carbocycles. The molecule has 0 atom stereocenters. The fourth-order valence-electron chi connectivity index (χ4n) is 1.31. The summed E-state index contributed by atoms with van der Waals surface area (Å²) >= 11 is 0. The molecular formula is C8H12F2O3. The SMILES string of the molecule is O=C(OC1CCCC1)C(F)(F)CO. The summed E-state index contributed by atoms with van der Waals surface area (Å²) in [4.78, 5) is 10.7. The number of carbonyl (C=O) groups excluding carboxylic acids is 1. The van der Waals surface area contributed by atoms with Gasteiger partial charge in [0.2, 0.25) is 0 Å². The van der Waals surface area contributed by atoms with Gasteiger partial charge in [0.15, 0.2) is 0 Å². The fraction of sp³-hybridized carbons (Fsp3) is 0.875. The number of esters is 1. The highest BCUT2D eigenvalue weighted by molar-refractivity contribution is 5.77. The van der Waals surface area contributed by atoms with Crippen molar-refractivity contribution in [2.75, 3.05) is 6.61 Å². The Morgan fingerprint density at radius 2 is 2.00 bits per heavy atom. The average Bonchev–Trinajstić information content (AvgIpc) is 2.57. The van der Waals surface area contributed by atoms with E-state index in [1.165, 1.54) is 0 Å². The van der Waals surface area contributed by atoms with Crippen LogP contribution in [0.2, 0.25) is 0 Å². The molecule has 0 radical (unpaired) electrons. The molecule has 1 saturated carbocycles. The van der Waals surface area contributed by atoms with Gasteiger partial charge in [-0.25, -0.2) is 4.79 Å². The van der Waals surface area contributed by atoms with Crippen LogP contribution in [-0.4, -0.2) is 29.7 Å². The first-order chi connectivity index (χ1) is 6.06. The second-order valence-corrected chi connectivity index (χ2v) is 3.17. The third-order valence-electron chi connectivity index (χ3n) is 2.07. The van der Waals surface area contributed by atoms with E-state index in [9.17, 15) is 13.6 Å². The summed E-state index contributed by atoms with van der Waals surface area (Å²) in [5.74, 6) is -5.36. The normalized spacial score (nSPS) is 19.0. The molecule has 1 aliphatic rings. The van der Waals surface area contributed by atoms with Crippen LogP contribution in [0, 0.1) is 0 Å². The monoisotopic (exact) mass is 194 g/mol. The molecule has 3 nitrogen and oxygen atoms in total. The van der Waals surface area contributed by atoms with Crippen LogP contribution < -0.4 is 0 Å². The van der Waals surface area contributed by atoms with Gasteiger partial charge in [-0.05, 0) is 25.7 Å². The lowest BCUT2D eigenvalue weighted by atomic mass is 10.3. The quantitative estimate of drug-likeness (QED) is 0.684. The van der Waals surface area contributed by atoms with Gasteiger partial charge in [0, 0.05) is 0 Å². The highest BCUT2D eigenvalue weighted by atomic mass is 19.3. The highest BCUT2D eigenvalue weighted by Gasteiger charge is 2.41. The number of rotatable bonds is 3. The molecule has 0 heterocycles. The van der Waals surface area contributed by atoms with E-state index < -0.39 is 18.5 Å². The van der Waals surface area contributed by atoms with Crippen LogP contribution in [0.3, 0.4) is 0 Å². The van der Waals surface area contributed by atoms with E-state index in [4.69, 9.17) is 5.11 Å². The summed E-state index contributed by atoms with van der Waals surface area (Å²) in [7, 11) is 0. The summed E-state index contributed by atoms with van der Waals surface area (Å²) in [6.07, 6.45) is 2.72. The van der Waals surface area contributed by atoms with Crippen LogP contribution in [-0.2, 0) is 9.53 Å². The van der Waals surface area contributed by atoms with Crippen molar-refractivity contribution in [3.63, 3.8) is 0 Å². The van der Waals surface area contributed by atoms with E-state index in [-0.39, 0.29) is 6.10 Å². The largest absolute Gasteiger partial charge is 0.458 e. The van der Waals surface area contributed by atoms with Crippen molar-refractivity contribution >= 4 is 5.97 Å². The summed E-state index contributed by atoms with van der Waals surface area (Å²) in [6.45, 7) is -1.49. The maximum atomic E-state index is 12.5. The van der Waals surface area contributed by atoms with Gasteiger partial charge in [0.05, 0.1) is 0 Å². The molecule has 0 unspecified atom stereocenters. The van der Waals surface area contributed by atoms with Gasteiger partial charge < -0.3 is 9.84 Å². The maximum absolute atomic E-state index is 12.5. The number of aliphatic hydroxyl groups is 1. The first-order valence-electron chi connectivity index (χ1n) is 4.26. The second kappa shape index (κ2) is 4.00. The minimum Gasteiger partial charge on any atom is -0.458 e. The summed E-state index contributed by atoms with van der Waals surface area (Å²) in [5, 5.41) is 8.19. The standard InChI is InChI=1S/C8H12F2O3/c9-8(10,5-11)7(12)13-6-3-1-2-4-6/h6,11H,1-5H2. The molecular weight excluding hydrogens is 182 g/mol. The number of hydrogen-bond donors (Lipinski definition) is 1. The number of ether oxygens (including phenoxy) is 1. The molecule has 1 N–H and O–H groups in total. The lowest BCUT2D eigenvalue weighted by molar-refractivity contribution is -0.182. The Labute approximate surface area is 74.7 Å². The first-order valence-corrected chi connectivity index (χ1v) is 4.26. The zero-order chi connectivity index (χ0) is 9.90. The van der Waals surface area contributed by atoms with Crippen molar-refractivity contribution in [3.05, 3.63) is 0 Å². The Kier molecular flexibility index (Phi) is 3.19.